The fraction of sp³-hybridized carbons (Fsp3) is 0.478. The third-order valence-corrected chi connectivity index (χ3v) is 6.47. The molecule has 0 radical (unpaired) electrons. The van der Waals surface area contributed by atoms with Crippen LogP contribution in [0.15, 0.2) is 48.3 Å². The van der Waals surface area contributed by atoms with E-state index in [0.29, 0.717) is 0 Å². The monoisotopic (exact) mass is 494 g/mol. The maximum atomic E-state index is 12.7. The lowest BCUT2D eigenvalue weighted by Crippen LogP contribution is -2.61. The quantitative estimate of drug-likeness (QED) is 0.214. The number of hydrogen-bond acceptors (Lipinski definition) is 11. The van der Waals surface area contributed by atoms with E-state index >= 15 is 0 Å². The average molecular weight is 494 g/mol. The molecule has 0 amide bonds. The summed E-state index contributed by atoms with van der Waals surface area (Å²) < 4.78 is 22.3. The fourth-order valence-corrected chi connectivity index (χ4v) is 4.55. The molecule has 190 valence electrons. The SMILES string of the molecule is C=C1[C@H]2[C@H](O[C@@H]3O[C@H](CO)[C@@H](O)[C@H](O)[C@H]3OC(=O)c3ccc(O)cc3)OC=C(C(=O)O)[C@H]2C[C@@H]1O. The number of rotatable bonds is 6. The minimum absolute atomic E-state index is 0.0304. The van der Waals surface area contributed by atoms with Crippen LogP contribution in [-0.4, -0.2) is 92.3 Å². The third-order valence-electron chi connectivity index (χ3n) is 6.47. The molecule has 0 unspecified atom stereocenters. The number of carboxylic acid groups (broad SMARTS) is 1. The highest BCUT2D eigenvalue weighted by Crippen LogP contribution is 2.46. The molecule has 12 nitrogen and oxygen atoms in total. The van der Waals surface area contributed by atoms with E-state index in [9.17, 15) is 40.2 Å². The van der Waals surface area contributed by atoms with E-state index in [1.807, 2.05) is 0 Å². The summed E-state index contributed by atoms with van der Waals surface area (Å²) in [7, 11) is 0. The molecule has 1 aliphatic carbocycles. The number of carbonyl (C=O) groups excluding carboxylic acids is 1. The Morgan fingerprint density at radius 1 is 1.09 bits per heavy atom. The number of aromatic hydroxyl groups is 1. The zero-order valence-corrected chi connectivity index (χ0v) is 18.3. The number of benzene rings is 1. The Morgan fingerprint density at radius 3 is 2.40 bits per heavy atom. The van der Waals surface area contributed by atoms with Gasteiger partial charge >= 0.3 is 11.9 Å². The van der Waals surface area contributed by atoms with Crippen LogP contribution < -0.4 is 0 Å². The highest BCUT2D eigenvalue weighted by atomic mass is 16.8. The highest BCUT2D eigenvalue weighted by molar-refractivity contribution is 5.89. The van der Waals surface area contributed by atoms with Crippen LogP contribution in [0, 0.1) is 11.8 Å². The van der Waals surface area contributed by atoms with Gasteiger partial charge in [-0.3, -0.25) is 0 Å². The molecule has 0 spiro atoms. The number of esters is 1. The second kappa shape index (κ2) is 9.93. The van der Waals surface area contributed by atoms with Crippen molar-refractivity contribution in [3.63, 3.8) is 0 Å². The Balaban J connectivity index is 1.59. The van der Waals surface area contributed by atoms with Gasteiger partial charge in [-0.1, -0.05) is 6.58 Å². The van der Waals surface area contributed by atoms with E-state index in [0.717, 1.165) is 6.26 Å². The first-order valence-corrected chi connectivity index (χ1v) is 10.9. The van der Waals surface area contributed by atoms with Crippen LogP contribution in [0.25, 0.3) is 0 Å². The molecular weight excluding hydrogens is 468 g/mol. The zero-order chi connectivity index (χ0) is 25.4. The van der Waals surface area contributed by atoms with Crippen LogP contribution in [0.5, 0.6) is 5.75 Å². The minimum atomic E-state index is -1.73. The van der Waals surface area contributed by atoms with Crippen molar-refractivity contribution < 1.29 is 59.2 Å². The van der Waals surface area contributed by atoms with Gasteiger partial charge < -0.3 is 49.6 Å². The van der Waals surface area contributed by atoms with Crippen molar-refractivity contribution in [3.05, 3.63) is 53.8 Å². The number of phenolic OH excluding ortho intramolecular Hbond substituents is 1. The molecule has 6 N–H and O–H groups in total. The summed E-state index contributed by atoms with van der Waals surface area (Å²) in [5, 5.41) is 59.7. The number of aliphatic carboxylic acids is 1. The van der Waals surface area contributed by atoms with Gasteiger partial charge in [0, 0.05) is 5.92 Å². The number of phenols is 1. The average Bonchev–Trinajstić information content (AvgIpc) is 3.13. The van der Waals surface area contributed by atoms with Gasteiger partial charge in [0.1, 0.15) is 24.1 Å². The van der Waals surface area contributed by atoms with E-state index < -0.39 is 73.5 Å². The first-order valence-electron chi connectivity index (χ1n) is 10.9. The van der Waals surface area contributed by atoms with E-state index in [1.165, 1.54) is 24.3 Å². The van der Waals surface area contributed by atoms with Gasteiger partial charge in [-0.05, 0) is 36.3 Å². The predicted molar refractivity (Wildman–Crippen MR) is 113 cm³/mol. The summed E-state index contributed by atoms with van der Waals surface area (Å²) in [6.07, 6.45) is -8.95. The third kappa shape index (κ3) is 4.76. The van der Waals surface area contributed by atoms with E-state index in [4.69, 9.17) is 18.9 Å². The number of fused-ring (bicyclic) bond motifs is 1. The van der Waals surface area contributed by atoms with Crippen molar-refractivity contribution >= 4 is 11.9 Å². The van der Waals surface area contributed by atoms with Crippen LogP contribution in [0.3, 0.4) is 0 Å². The Kier molecular flexibility index (Phi) is 7.12. The van der Waals surface area contributed by atoms with Crippen molar-refractivity contribution in [1.29, 1.82) is 0 Å². The van der Waals surface area contributed by atoms with Crippen LogP contribution in [0.2, 0.25) is 0 Å². The molecule has 1 aromatic rings. The Hall–Kier alpha value is -3.00. The lowest BCUT2D eigenvalue weighted by molar-refractivity contribution is -0.338. The first-order chi connectivity index (χ1) is 16.6. The standard InChI is InChI=1S/C23H26O12/c1-9-14(26)6-12-13(20(29)30)8-32-22(16(9)12)35-23-19(18(28)17(27)15(7-24)33-23)34-21(31)10-2-4-11(25)5-3-10/h2-5,8,12,14-19,22-28H,1,6-7H2,(H,29,30)/t12-,14+,15-,16-,17-,18+,19-,22+,23+/m1/s1. The van der Waals surface area contributed by atoms with Crippen molar-refractivity contribution in [2.24, 2.45) is 11.8 Å². The van der Waals surface area contributed by atoms with Crippen LogP contribution in [-0.2, 0) is 23.7 Å². The maximum Gasteiger partial charge on any atom is 0.338 e. The first kappa shape index (κ1) is 25.1. The summed E-state index contributed by atoms with van der Waals surface area (Å²) in [6.45, 7) is 3.13. The molecule has 3 aliphatic rings. The molecule has 2 heterocycles. The normalized spacial score (nSPS) is 36.6. The van der Waals surface area contributed by atoms with Gasteiger partial charge in [0.05, 0.1) is 36.0 Å². The molecule has 9 atom stereocenters. The Morgan fingerprint density at radius 2 is 1.77 bits per heavy atom. The van der Waals surface area contributed by atoms with Gasteiger partial charge in [0.15, 0.2) is 6.10 Å². The van der Waals surface area contributed by atoms with Gasteiger partial charge in [-0.25, -0.2) is 9.59 Å². The number of carboxylic acids is 1. The molecule has 0 aromatic heterocycles. The van der Waals surface area contributed by atoms with Gasteiger partial charge in [0.2, 0.25) is 12.6 Å². The molecule has 2 fully saturated rings. The Bertz CT molecular complexity index is 1000. The molecule has 1 saturated carbocycles. The van der Waals surface area contributed by atoms with Crippen LogP contribution >= 0.6 is 0 Å². The van der Waals surface area contributed by atoms with E-state index in [2.05, 4.69) is 6.58 Å². The second-order valence-corrected chi connectivity index (χ2v) is 8.60. The molecule has 1 aromatic carbocycles. The molecule has 1 saturated heterocycles. The summed E-state index contributed by atoms with van der Waals surface area (Å²) >= 11 is 0. The summed E-state index contributed by atoms with van der Waals surface area (Å²) in [5.74, 6) is -3.71. The number of ether oxygens (including phenoxy) is 4. The Labute approximate surface area is 199 Å². The largest absolute Gasteiger partial charge is 0.508 e. The van der Waals surface area contributed by atoms with Crippen LogP contribution in [0.1, 0.15) is 16.8 Å². The van der Waals surface area contributed by atoms with E-state index in [-0.39, 0.29) is 28.9 Å². The molecule has 4 rings (SSSR count). The molecular formula is C23H26O12. The lowest BCUT2D eigenvalue weighted by Gasteiger charge is -2.43. The molecule has 35 heavy (non-hydrogen) atoms. The van der Waals surface area contributed by atoms with Crippen molar-refractivity contribution in [3.8, 4) is 5.75 Å². The smallest absolute Gasteiger partial charge is 0.338 e. The topological polar surface area (TPSA) is 192 Å². The fourth-order valence-electron chi connectivity index (χ4n) is 4.55. The van der Waals surface area contributed by atoms with Gasteiger partial charge in [0.25, 0.3) is 0 Å². The number of aliphatic hydroxyl groups excluding tert-OH is 4. The lowest BCUT2D eigenvalue weighted by atomic mass is 9.85. The molecule has 12 heteroatoms. The zero-order valence-electron chi connectivity index (χ0n) is 18.3. The second-order valence-electron chi connectivity index (χ2n) is 8.60. The van der Waals surface area contributed by atoms with Gasteiger partial charge in [-0.2, -0.15) is 0 Å². The number of aliphatic hydroxyl groups is 4. The van der Waals surface area contributed by atoms with Gasteiger partial charge in [-0.15, -0.1) is 0 Å². The van der Waals surface area contributed by atoms with Crippen molar-refractivity contribution in [2.45, 2.75) is 49.5 Å². The van der Waals surface area contributed by atoms with Crippen molar-refractivity contribution in [2.75, 3.05) is 6.61 Å². The summed E-state index contributed by atoms with van der Waals surface area (Å²) in [6, 6.07) is 5.09. The minimum Gasteiger partial charge on any atom is -0.508 e. The number of hydrogen-bond donors (Lipinski definition) is 6. The molecule has 2 aliphatic heterocycles. The highest BCUT2D eigenvalue weighted by Gasteiger charge is 2.53. The molecule has 0 bridgehead atoms. The maximum absolute atomic E-state index is 12.7. The summed E-state index contributed by atoms with van der Waals surface area (Å²) in [5.41, 5.74) is 0.235. The van der Waals surface area contributed by atoms with E-state index in [1.54, 1.807) is 0 Å². The van der Waals surface area contributed by atoms with Crippen LogP contribution in [0.4, 0.5) is 0 Å². The number of carbonyl (C=O) groups is 2. The predicted octanol–water partition coefficient (Wildman–Crippen LogP) is -0.749. The van der Waals surface area contributed by atoms with Crippen molar-refractivity contribution in [1.82, 2.24) is 0 Å². The summed E-state index contributed by atoms with van der Waals surface area (Å²) in [4.78, 5) is 24.3.